The third kappa shape index (κ3) is 4.69. The van der Waals surface area contributed by atoms with Crippen LogP contribution in [0.1, 0.15) is 18.1 Å². The Morgan fingerprint density at radius 1 is 1.03 bits per heavy atom. The molecule has 1 heterocycles. The van der Waals surface area contributed by atoms with Crippen molar-refractivity contribution < 1.29 is 14.3 Å². The van der Waals surface area contributed by atoms with Crippen LogP contribution >= 0.6 is 23.2 Å². The molecule has 1 aliphatic rings. The number of carbonyl (C=O) groups excluding carboxylic acids is 1. The maximum absolute atomic E-state index is 13.4. The van der Waals surface area contributed by atoms with Crippen LogP contribution in [0.3, 0.4) is 0 Å². The van der Waals surface area contributed by atoms with Crippen molar-refractivity contribution in [3.8, 4) is 22.6 Å². The molecule has 6 nitrogen and oxygen atoms in total. The Labute approximate surface area is 209 Å². The zero-order chi connectivity index (χ0) is 24.4. The maximum atomic E-state index is 13.4. The number of ether oxygens (including phenoxy) is 2. The van der Waals surface area contributed by atoms with E-state index in [-0.39, 0.29) is 12.1 Å². The highest BCUT2D eigenvalue weighted by molar-refractivity contribution is 6.36. The first-order valence-electron chi connectivity index (χ1n) is 10.7. The molecule has 1 aliphatic heterocycles. The molecule has 3 aromatic rings. The Hall–Kier alpha value is -3.22. The average Bonchev–Trinajstić information content (AvgIpc) is 3.00. The number of anilines is 1. The maximum Gasteiger partial charge on any atom is 0.344 e. The van der Waals surface area contributed by atoms with Crippen molar-refractivity contribution in [2.75, 3.05) is 26.2 Å². The van der Waals surface area contributed by atoms with Gasteiger partial charge in [-0.2, -0.15) is 5.10 Å². The van der Waals surface area contributed by atoms with Crippen molar-refractivity contribution in [2.45, 2.75) is 19.4 Å². The van der Waals surface area contributed by atoms with Crippen molar-refractivity contribution >= 4 is 41.1 Å². The fourth-order valence-electron chi connectivity index (χ4n) is 3.97. The molecule has 0 saturated heterocycles. The molecular formula is C26H25Cl2N3O3. The normalized spacial score (nSPS) is 14.9. The number of urea groups is 1. The van der Waals surface area contributed by atoms with E-state index in [1.54, 1.807) is 44.5 Å². The summed E-state index contributed by atoms with van der Waals surface area (Å²) in [5.41, 5.74) is 4.49. The minimum Gasteiger partial charge on any atom is -0.493 e. The van der Waals surface area contributed by atoms with Crippen molar-refractivity contribution in [3.05, 3.63) is 75.8 Å². The predicted octanol–water partition coefficient (Wildman–Crippen LogP) is 6.51. The van der Waals surface area contributed by atoms with Crippen molar-refractivity contribution in [1.82, 2.24) is 5.01 Å². The summed E-state index contributed by atoms with van der Waals surface area (Å²) in [7, 11) is 4.94. The van der Waals surface area contributed by atoms with Crippen LogP contribution in [0.5, 0.6) is 11.5 Å². The summed E-state index contributed by atoms with van der Waals surface area (Å²) in [5, 5.41) is 7.16. The number of hydrogen-bond acceptors (Lipinski definition) is 4. The van der Waals surface area contributed by atoms with Gasteiger partial charge in [0.2, 0.25) is 0 Å². The molecular weight excluding hydrogens is 473 g/mol. The Morgan fingerprint density at radius 2 is 1.71 bits per heavy atom. The van der Waals surface area contributed by atoms with Crippen molar-refractivity contribution in [2.24, 2.45) is 5.10 Å². The minimum atomic E-state index is -0.229. The number of fused-ring (bicyclic) bond motifs is 1. The quantitative estimate of drug-likeness (QED) is 0.412. The molecule has 0 saturated carbocycles. The molecule has 1 atom stereocenters. The molecule has 0 spiro atoms. The Kier molecular flexibility index (Phi) is 7.00. The van der Waals surface area contributed by atoms with Crippen LogP contribution in [0.25, 0.3) is 11.1 Å². The van der Waals surface area contributed by atoms with Gasteiger partial charge in [-0.25, -0.2) is 9.80 Å². The Morgan fingerprint density at radius 3 is 2.35 bits per heavy atom. The van der Waals surface area contributed by atoms with Gasteiger partial charge >= 0.3 is 6.03 Å². The molecule has 0 aromatic heterocycles. The van der Waals surface area contributed by atoms with Gasteiger partial charge in [-0.05, 0) is 60.9 Å². The lowest BCUT2D eigenvalue weighted by Crippen LogP contribution is -2.43. The minimum absolute atomic E-state index is 0.155. The standard InChI is InChI=1S/C26H25Cl2N3O3/c1-16-11-18-12-24(33-3)25(34-4)13-19(18)15-29-31(16)26(32)30(2)21-8-5-17(6-9-21)22-10-7-20(27)14-23(22)28/h5-10,12-16H,11H2,1-4H3. The average molecular weight is 498 g/mol. The van der Waals surface area contributed by atoms with Crippen LogP contribution in [0.4, 0.5) is 10.5 Å². The molecule has 0 radical (unpaired) electrons. The van der Waals surface area contributed by atoms with Gasteiger partial charge < -0.3 is 9.47 Å². The fraction of sp³-hybridized carbons (Fsp3) is 0.231. The van der Waals surface area contributed by atoms with Gasteiger partial charge in [-0.15, -0.1) is 0 Å². The molecule has 3 aromatic carbocycles. The fourth-order valence-corrected chi connectivity index (χ4v) is 4.48. The highest BCUT2D eigenvalue weighted by atomic mass is 35.5. The predicted molar refractivity (Wildman–Crippen MR) is 138 cm³/mol. The number of benzene rings is 3. The van der Waals surface area contributed by atoms with E-state index in [2.05, 4.69) is 5.10 Å². The van der Waals surface area contributed by atoms with Crippen LogP contribution in [-0.2, 0) is 6.42 Å². The molecule has 4 rings (SSSR count). The van der Waals surface area contributed by atoms with Gasteiger partial charge in [0.1, 0.15) is 0 Å². The molecule has 0 fully saturated rings. The second kappa shape index (κ2) is 9.95. The molecule has 176 valence electrons. The molecule has 1 unspecified atom stereocenters. The third-order valence-corrected chi connectivity index (χ3v) is 6.43. The molecule has 0 N–H and O–H groups in total. The van der Waals surface area contributed by atoms with E-state index < -0.39 is 0 Å². The van der Waals surface area contributed by atoms with Gasteiger partial charge in [0.05, 0.1) is 26.5 Å². The summed E-state index contributed by atoms with van der Waals surface area (Å²) in [4.78, 5) is 14.9. The van der Waals surface area contributed by atoms with E-state index >= 15 is 0 Å². The van der Waals surface area contributed by atoms with Gasteiger partial charge in [0, 0.05) is 33.9 Å². The summed E-state index contributed by atoms with van der Waals surface area (Å²) in [6, 6.07) is 16.4. The van der Waals surface area contributed by atoms with Crippen molar-refractivity contribution in [1.29, 1.82) is 0 Å². The van der Waals surface area contributed by atoms with Gasteiger partial charge in [0.15, 0.2) is 11.5 Å². The summed E-state index contributed by atoms with van der Waals surface area (Å²) in [6.45, 7) is 1.97. The van der Waals surface area contributed by atoms with Crippen LogP contribution < -0.4 is 14.4 Å². The first-order valence-corrected chi connectivity index (χ1v) is 11.5. The first-order chi connectivity index (χ1) is 16.3. The molecule has 2 amide bonds. The molecule has 0 aliphatic carbocycles. The highest BCUT2D eigenvalue weighted by Gasteiger charge is 2.27. The Bertz CT molecular complexity index is 1240. The van der Waals surface area contributed by atoms with Gasteiger partial charge in [-0.1, -0.05) is 41.4 Å². The second-order valence-corrected chi connectivity index (χ2v) is 8.90. The van der Waals surface area contributed by atoms with Gasteiger partial charge in [0.25, 0.3) is 0 Å². The SMILES string of the molecule is COc1cc2c(cc1OC)CC(C)N(C(=O)N(C)c1ccc(-c3ccc(Cl)cc3Cl)cc1)N=C2. The first kappa shape index (κ1) is 23.9. The summed E-state index contributed by atoms with van der Waals surface area (Å²) in [5.74, 6) is 1.28. The number of hydrazone groups is 1. The number of nitrogens with zero attached hydrogens (tertiary/aromatic N) is 3. The highest BCUT2D eigenvalue weighted by Crippen LogP contribution is 2.33. The van der Waals surface area contributed by atoms with E-state index in [0.29, 0.717) is 28.0 Å². The number of halogens is 2. The van der Waals surface area contributed by atoms with Crippen LogP contribution in [-0.4, -0.2) is 44.6 Å². The molecule has 34 heavy (non-hydrogen) atoms. The lowest BCUT2D eigenvalue weighted by atomic mass is 10.0. The summed E-state index contributed by atoms with van der Waals surface area (Å²) in [6.07, 6.45) is 2.32. The van der Waals surface area contributed by atoms with Crippen LogP contribution in [0.2, 0.25) is 10.0 Å². The smallest absolute Gasteiger partial charge is 0.344 e. The van der Waals surface area contributed by atoms with E-state index in [0.717, 1.165) is 27.9 Å². The third-order valence-electron chi connectivity index (χ3n) is 5.88. The zero-order valence-corrected chi connectivity index (χ0v) is 20.9. The lowest BCUT2D eigenvalue weighted by Gasteiger charge is -2.28. The lowest BCUT2D eigenvalue weighted by molar-refractivity contribution is 0.190. The number of methoxy groups -OCH3 is 2. The van der Waals surface area contributed by atoms with E-state index in [4.69, 9.17) is 32.7 Å². The van der Waals surface area contributed by atoms with E-state index in [9.17, 15) is 4.79 Å². The zero-order valence-electron chi connectivity index (χ0n) is 19.4. The van der Waals surface area contributed by atoms with Crippen LogP contribution in [0.15, 0.2) is 59.7 Å². The van der Waals surface area contributed by atoms with Gasteiger partial charge in [-0.3, -0.25) is 4.90 Å². The number of hydrogen-bond donors (Lipinski definition) is 0. The second-order valence-electron chi connectivity index (χ2n) is 8.06. The molecule has 0 bridgehead atoms. The number of carbonyl (C=O) groups is 1. The largest absolute Gasteiger partial charge is 0.493 e. The Balaban J connectivity index is 1.55. The van der Waals surface area contributed by atoms with Crippen molar-refractivity contribution in [3.63, 3.8) is 0 Å². The molecule has 8 heteroatoms. The summed E-state index contributed by atoms with van der Waals surface area (Å²) < 4.78 is 10.8. The van der Waals surface area contributed by atoms with Crippen LogP contribution in [0, 0.1) is 0 Å². The topological polar surface area (TPSA) is 54.4 Å². The number of rotatable bonds is 4. The summed E-state index contributed by atoms with van der Waals surface area (Å²) >= 11 is 12.3. The van der Waals surface area contributed by atoms with E-state index in [1.807, 2.05) is 49.4 Å². The van der Waals surface area contributed by atoms with E-state index in [1.165, 1.54) is 5.01 Å². The monoisotopic (exact) mass is 497 g/mol. The number of amides is 2.